The van der Waals surface area contributed by atoms with Gasteiger partial charge in [0.2, 0.25) is 0 Å². The van der Waals surface area contributed by atoms with Crippen molar-refractivity contribution in [2.45, 2.75) is 24.6 Å². The molecule has 2 rings (SSSR count). The van der Waals surface area contributed by atoms with Crippen LogP contribution in [0.1, 0.15) is 13.3 Å². The zero-order chi connectivity index (χ0) is 8.55. The van der Waals surface area contributed by atoms with Gasteiger partial charge in [-0.1, -0.05) is 0 Å². The van der Waals surface area contributed by atoms with E-state index in [4.69, 9.17) is 4.74 Å². The number of carbonyl (C=O) groups is 1. The van der Waals surface area contributed by atoms with E-state index in [1.54, 1.807) is 0 Å². The van der Waals surface area contributed by atoms with Crippen LogP contribution in [-0.4, -0.2) is 41.2 Å². The Morgan fingerprint density at radius 1 is 1.75 bits per heavy atom. The Bertz CT molecular complexity index is 197. The standard InChI is InChI=1S/C8H13NO2S/c1-2-11-8(10)9-4-7-3-6(9)5-12-7/h6-7H,2-5H2,1H3. The van der Waals surface area contributed by atoms with Crippen LogP contribution in [0.3, 0.4) is 0 Å². The van der Waals surface area contributed by atoms with E-state index in [1.807, 2.05) is 23.6 Å². The van der Waals surface area contributed by atoms with Gasteiger partial charge < -0.3 is 9.64 Å². The molecule has 2 atom stereocenters. The molecule has 0 N–H and O–H groups in total. The normalized spacial score (nSPS) is 32.6. The van der Waals surface area contributed by atoms with E-state index in [9.17, 15) is 4.79 Å². The molecule has 0 aliphatic carbocycles. The third-order valence-corrected chi connectivity index (χ3v) is 3.79. The van der Waals surface area contributed by atoms with Crippen LogP contribution in [0.4, 0.5) is 4.79 Å². The second kappa shape index (κ2) is 3.17. The second-order valence-electron chi connectivity index (χ2n) is 3.20. The lowest BCUT2D eigenvalue weighted by Crippen LogP contribution is -2.39. The molecule has 0 spiro atoms. The molecule has 0 saturated carbocycles. The monoisotopic (exact) mass is 187 g/mol. The number of likely N-dealkylation sites (tertiary alicyclic amines) is 1. The minimum absolute atomic E-state index is 0.120. The van der Waals surface area contributed by atoms with E-state index in [0.29, 0.717) is 17.9 Å². The molecule has 4 heteroatoms. The van der Waals surface area contributed by atoms with Gasteiger partial charge in [-0.3, -0.25) is 0 Å². The van der Waals surface area contributed by atoms with Crippen molar-refractivity contribution in [1.29, 1.82) is 0 Å². The minimum atomic E-state index is -0.120. The summed E-state index contributed by atoms with van der Waals surface area (Å²) < 4.78 is 4.96. The Balaban J connectivity index is 1.93. The number of nitrogens with zero attached hydrogens (tertiary/aromatic N) is 1. The predicted octanol–water partition coefficient (Wildman–Crippen LogP) is 1.33. The summed E-state index contributed by atoms with van der Waals surface area (Å²) in [6.07, 6.45) is 1.05. The Morgan fingerprint density at radius 3 is 3.08 bits per heavy atom. The van der Waals surface area contributed by atoms with Crippen LogP contribution >= 0.6 is 11.8 Å². The van der Waals surface area contributed by atoms with E-state index in [-0.39, 0.29) is 6.09 Å². The average Bonchev–Trinajstić information content (AvgIpc) is 2.64. The largest absolute Gasteiger partial charge is 0.450 e. The Hall–Kier alpha value is -0.380. The fraction of sp³-hybridized carbons (Fsp3) is 0.875. The smallest absolute Gasteiger partial charge is 0.410 e. The molecule has 0 aromatic carbocycles. The van der Waals surface area contributed by atoms with Gasteiger partial charge in [-0.25, -0.2) is 4.79 Å². The van der Waals surface area contributed by atoms with E-state index in [0.717, 1.165) is 12.3 Å². The molecule has 1 amide bonds. The highest BCUT2D eigenvalue weighted by atomic mass is 32.2. The maximum atomic E-state index is 11.3. The summed E-state index contributed by atoms with van der Waals surface area (Å²) in [5.41, 5.74) is 0. The fourth-order valence-electron chi connectivity index (χ4n) is 1.83. The molecule has 2 unspecified atom stereocenters. The SMILES string of the molecule is CCOC(=O)N1CC2CC1CS2. The van der Waals surface area contributed by atoms with Gasteiger partial charge >= 0.3 is 6.09 Å². The number of carbonyl (C=O) groups excluding carboxylic acids is 1. The van der Waals surface area contributed by atoms with Crippen LogP contribution in [0.15, 0.2) is 0 Å². The van der Waals surface area contributed by atoms with Crippen LogP contribution in [0.25, 0.3) is 0 Å². The maximum Gasteiger partial charge on any atom is 0.410 e. The molecule has 0 aromatic heterocycles. The molecule has 0 radical (unpaired) electrons. The summed E-state index contributed by atoms with van der Waals surface area (Å²) in [6, 6.07) is 0.457. The second-order valence-corrected chi connectivity index (χ2v) is 4.53. The number of hydrogen-bond donors (Lipinski definition) is 0. The van der Waals surface area contributed by atoms with E-state index in [2.05, 4.69) is 0 Å². The highest BCUT2D eigenvalue weighted by molar-refractivity contribution is 8.00. The fourth-order valence-corrected chi connectivity index (χ4v) is 3.26. The molecule has 68 valence electrons. The molecule has 0 aromatic rings. The van der Waals surface area contributed by atoms with Crippen LogP contribution in [0.2, 0.25) is 0 Å². The average molecular weight is 187 g/mol. The lowest BCUT2D eigenvalue weighted by molar-refractivity contribution is 0.105. The summed E-state index contributed by atoms with van der Waals surface area (Å²) in [5, 5.41) is 0.680. The third-order valence-electron chi connectivity index (χ3n) is 2.40. The molecular weight excluding hydrogens is 174 g/mol. The first-order chi connectivity index (χ1) is 5.81. The first kappa shape index (κ1) is 8.23. The first-order valence-electron chi connectivity index (χ1n) is 4.36. The van der Waals surface area contributed by atoms with Crippen molar-refractivity contribution in [3.05, 3.63) is 0 Å². The zero-order valence-corrected chi connectivity index (χ0v) is 7.97. The molecular formula is C8H13NO2S. The summed E-state index contributed by atoms with van der Waals surface area (Å²) in [4.78, 5) is 13.2. The molecule has 12 heavy (non-hydrogen) atoms. The highest BCUT2D eigenvalue weighted by Gasteiger charge is 2.41. The van der Waals surface area contributed by atoms with Gasteiger partial charge in [0.15, 0.2) is 0 Å². The maximum absolute atomic E-state index is 11.3. The van der Waals surface area contributed by atoms with Crippen LogP contribution in [0.5, 0.6) is 0 Å². The number of ether oxygens (including phenoxy) is 1. The van der Waals surface area contributed by atoms with Crippen molar-refractivity contribution in [2.24, 2.45) is 0 Å². The quantitative estimate of drug-likeness (QED) is 0.620. The molecule has 2 aliphatic heterocycles. The third kappa shape index (κ3) is 1.28. The van der Waals surface area contributed by atoms with Crippen molar-refractivity contribution in [2.75, 3.05) is 18.9 Å². The highest BCUT2D eigenvalue weighted by Crippen LogP contribution is 2.37. The van der Waals surface area contributed by atoms with Crippen LogP contribution in [0, 0.1) is 0 Å². The zero-order valence-electron chi connectivity index (χ0n) is 7.16. The molecule has 2 fully saturated rings. The molecule has 2 saturated heterocycles. The number of hydrogen-bond acceptors (Lipinski definition) is 3. The summed E-state index contributed by atoms with van der Waals surface area (Å²) >= 11 is 1.98. The Labute approximate surface area is 76.4 Å². The Morgan fingerprint density at radius 2 is 2.58 bits per heavy atom. The number of rotatable bonds is 1. The van der Waals surface area contributed by atoms with Crippen molar-refractivity contribution in [3.8, 4) is 0 Å². The van der Waals surface area contributed by atoms with Gasteiger partial charge in [-0.15, -0.1) is 0 Å². The van der Waals surface area contributed by atoms with Crippen molar-refractivity contribution >= 4 is 17.9 Å². The van der Waals surface area contributed by atoms with Gasteiger partial charge in [-0.2, -0.15) is 11.8 Å². The van der Waals surface area contributed by atoms with E-state index in [1.165, 1.54) is 6.42 Å². The summed E-state index contributed by atoms with van der Waals surface area (Å²) in [5.74, 6) is 1.10. The van der Waals surface area contributed by atoms with E-state index < -0.39 is 0 Å². The van der Waals surface area contributed by atoms with Crippen LogP contribution < -0.4 is 0 Å². The van der Waals surface area contributed by atoms with Gasteiger partial charge in [0.25, 0.3) is 0 Å². The molecule has 3 nitrogen and oxygen atoms in total. The van der Waals surface area contributed by atoms with Gasteiger partial charge in [-0.05, 0) is 13.3 Å². The molecule has 2 bridgehead atoms. The van der Waals surface area contributed by atoms with Gasteiger partial charge in [0.1, 0.15) is 0 Å². The molecule has 2 heterocycles. The lowest BCUT2D eigenvalue weighted by atomic mass is 10.2. The summed E-state index contributed by atoms with van der Waals surface area (Å²) in [6.45, 7) is 3.23. The predicted molar refractivity (Wildman–Crippen MR) is 48.4 cm³/mol. The van der Waals surface area contributed by atoms with Gasteiger partial charge in [0, 0.05) is 23.6 Å². The topological polar surface area (TPSA) is 29.5 Å². The van der Waals surface area contributed by atoms with Gasteiger partial charge in [0.05, 0.1) is 6.61 Å². The van der Waals surface area contributed by atoms with Crippen molar-refractivity contribution in [3.63, 3.8) is 0 Å². The first-order valence-corrected chi connectivity index (χ1v) is 5.41. The number of thioether (sulfide) groups is 1. The number of amides is 1. The van der Waals surface area contributed by atoms with Crippen molar-refractivity contribution in [1.82, 2.24) is 4.90 Å². The lowest BCUT2D eigenvalue weighted by Gasteiger charge is -2.25. The molecule has 2 aliphatic rings. The minimum Gasteiger partial charge on any atom is -0.450 e. The van der Waals surface area contributed by atoms with Crippen molar-refractivity contribution < 1.29 is 9.53 Å². The van der Waals surface area contributed by atoms with Crippen LogP contribution in [-0.2, 0) is 4.74 Å². The van der Waals surface area contributed by atoms with E-state index >= 15 is 0 Å². The number of fused-ring (bicyclic) bond motifs is 2. The summed E-state index contributed by atoms with van der Waals surface area (Å²) in [7, 11) is 0. The Kier molecular flexibility index (Phi) is 2.17.